The second-order valence-corrected chi connectivity index (χ2v) is 15.9. The molecular formula is C57H34N4O2. The number of nitrogens with zero attached hydrogens (tertiary/aromatic N) is 4. The first kappa shape index (κ1) is 35.2. The van der Waals surface area contributed by atoms with Crippen LogP contribution < -0.4 is 0 Å². The largest absolute Gasteiger partial charge is 0.456 e. The highest BCUT2D eigenvalue weighted by atomic mass is 16.3. The number of furan rings is 2. The van der Waals surface area contributed by atoms with Crippen LogP contribution in [0.25, 0.3) is 128 Å². The van der Waals surface area contributed by atoms with Crippen LogP contribution in [0, 0.1) is 0 Å². The minimum atomic E-state index is 0.563. The van der Waals surface area contributed by atoms with E-state index in [1.165, 1.54) is 0 Å². The van der Waals surface area contributed by atoms with Crippen molar-refractivity contribution in [1.29, 1.82) is 0 Å². The molecule has 13 rings (SSSR count). The van der Waals surface area contributed by atoms with Crippen LogP contribution >= 0.6 is 0 Å². The first-order valence-electron chi connectivity index (χ1n) is 21.1. The van der Waals surface area contributed by atoms with Gasteiger partial charge in [0.2, 0.25) is 0 Å². The highest BCUT2D eigenvalue weighted by Crippen LogP contribution is 2.47. The van der Waals surface area contributed by atoms with Gasteiger partial charge in [0.15, 0.2) is 17.5 Å². The van der Waals surface area contributed by atoms with Crippen LogP contribution in [0.15, 0.2) is 215 Å². The highest BCUT2D eigenvalue weighted by molar-refractivity contribution is 6.21. The van der Waals surface area contributed by atoms with Crippen LogP contribution in [-0.2, 0) is 0 Å². The summed E-state index contributed by atoms with van der Waals surface area (Å²) in [7, 11) is 0. The van der Waals surface area contributed by atoms with E-state index in [4.69, 9.17) is 23.8 Å². The zero-order valence-corrected chi connectivity index (χ0v) is 33.7. The standard InChI is InChI=1S/C57H34N4O2/c1-4-16-35(17-5-1)39-24-14-28-48-51(39)44-34-38(30-32-47(44)62-48)40-25-15-29-49-52(40)53-50(63-49)33-31-43(54(53)61-45-26-12-10-22-41(45)42-23-11-13-27-46(42)61)57-59-55(36-18-6-2-7-19-36)58-56(60-57)37-20-8-3-9-21-37/h1-34H. The maximum atomic E-state index is 6.89. The van der Waals surface area contributed by atoms with Crippen molar-refractivity contribution in [2.75, 3.05) is 0 Å². The SMILES string of the molecule is c1ccc(-c2nc(-c3ccccc3)nc(-c3ccc4oc5cccc(-c6ccc7oc8cccc(-c9ccccc9)c8c7c6)c5c4c3-n3c4ccccc4c4ccccc43)n2)cc1. The lowest BCUT2D eigenvalue weighted by atomic mass is 9.94. The summed E-state index contributed by atoms with van der Waals surface area (Å²) >= 11 is 0. The van der Waals surface area contributed by atoms with Crippen molar-refractivity contribution in [2.45, 2.75) is 0 Å². The minimum absolute atomic E-state index is 0.563. The normalized spacial score (nSPS) is 11.8. The molecule has 0 aliphatic carbocycles. The zero-order chi connectivity index (χ0) is 41.4. The molecule has 0 bridgehead atoms. The summed E-state index contributed by atoms with van der Waals surface area (Å²) < 4.78 is 15.8. The first-order valence-corrected chi connectivity index (χ1v) is 21.1. The topological polar surface area (TPSA) is 69.9 Å². The third-order valence-corrected chi connectivity index (χ3v) is 12.3. The van der Waals surface area contributed by atoms with Gasteiger partial charge in [-0.25, -0.2) is 15.0 Å². The molecule has 0 atom stereocenters. The first-order chi connectivity index (χ1) is 31.2. The third-order valence-electron chi connectivity index (χ3n) is 12.3. The molecule has 0 fully saturated rings. The number of hydrogen-bond acceptors (Lipinski definition) is 5. The van der Waals surface area contributed by atoms with Crippen LogP contribution in [0.4, 0.5) is 0 Å². The van der Waals surface area contributed by atoms with Gasteiger partial charge in [0, 0.05) is 43.6 Å². The van der Waals surface area contributed by atoms with Gasteiger partial charge in [0.1, 0.15) is 22.3 Å². The summed E-state index contributed by atoms with van der Waals surface area (Å²) in [5, 5.41) is 6.43. The summed E-state index contributed by atoms with van der Waals surface area (Å²) in [4.78, 5) is 15.7. The van der Waals surface area contributed by atoms with E-state index in [0.29, 0.717) is 17.5 Å². The van der Waals surface area contributed by atoms with E-state index in [1.54, 1.807) is 0 Å². The minimum Gasteiger partial charge on any atom is -0.456 e. The monoisotopic (exact) mass is 806 g/mol. The molecule has 0 amide bonds. The molecule has 4 heterocycles. The van der Waals surface area contributed by atoms with Crippen molar-refractivity contribution < 1.29 is 8.83 Å². The maximum Gasteiger partial charge on any atom is 0.166 e. The molecule has 294 valence electrons. The van der Waals surface area contributed by atoms with Crippen molar-refractivity contribution >= 4 is 65.7 Å². The summed E-state index contributed by atoms with van der Waals surface area (Å²) in [5.41, 5.74) is 13.4. The summed E-state index contributed by atoms with van der Waals surface area (Å²) in [6, 6.07) is 71.4. The Kier molecular flexibility index (Phi) is 7.80. The zero-order valence-electron chi connectivity index (χ0n) is 33.7. The average Bonchev–Trinajstić information content (AvgIpc) is 4.04. The van der Waals surface area contributed by atoms with Crippen molar-refractivity contribution in [3.05, 3.63) is 206 Å². The summed E-state index contributed by atoms with van der Waals surface area (Å²) in [6.07, 6.45) is 0. The van der Waals surface area contributed by atoms with Crippen molar-refractivity contribution in [3.63, 3.8) is 0 Å². The number of benzene rings is 9. The lowest BCUT2D eigenvalue weighted by molar-refractivity contribution is 0.669. The number of aromatic nitrogens is 4. The van der Waals surface area contributed by atoms with E-state index < -0.39 is 0 Å². The smallest absolute Gasteiger partial charge is 0.166 e. The molecule has 0 N–H and O–H groups in total. The van der Waals surface area contributed by atoms with Gasteiger partial charge in [-0.2, -0.15) is 0 Å². The van der Waals surface area contributed by atoms with Crippen molar-refractivity contribution in [3.8, 4) is 62.1 Å². The van der Waals surface area contributed by atoms with E-state index in [-0.39, 0.29) is 0 Å². The molecule has 0 aliphatic rings. The van der Waals surface area contributed by atoms with Crippen LogP contribution in [0.5, 0.6) is 0 Å². The van der Waals surface area contributed by atoms with E-state index in [9.17, 15) is 0 Å². The lowest BCUT2D eigenvalue weighted by Crippen LogP contribution is -2.04. The fourth-order valence-electron chi connectivity index (χ4n) is 9.49. The Morgan fingerprint density at radius 1 is 0.302 bits per heavy atom. The second-order valence-electron chi connectivity index (χ2n) is 15.9. The second kappa shape index (κ2) is 14.0. The fraction of sp³-hybridized carbons (Fsp3) is 0. The molecule has 6 nitrogen and oxygen atoms in total. The Bertz CT molecular complexity index is 3790. The predicted molar refractivity (Wildman–Crippen MR) is 256 cm³/mol. The molecule has 6 heteroatoms. The molecule has 63 heavy (non-hydrogen) atoms. The summed E-state index contributed by atoms with van der Waals surface area (Å²) in [5.74, 6) is 1.76. The molecule has 0 spiro atoms. The van der Waals surface area contributed by atoms with Crippen LogP contribution in [-0.4, -0.2) is 19.5 Å². The molecule has 0 saturated carbocycles. The number of rotatable bonds is 6. The Hall–Kier alpha value is -8.61. The molecule has 4 aromatic heterocycles. The van der Waals surface area contributed by atoms with Gasteiger partial charge in [-0.15, -0.1) is 0 Å². The van der Waals surface area contributed by atoms with Crippen LogP contribution in [0.1, 0.15) is 0 Å². The van der Waals surface area contributed by atoms with Gasteiger partial charge < -0.3 is 13.4 Å². The Morgan fingerprint density at radius 3 is 1.43 bits per heavy atom. The van der Waals surface area contributed by atoms with E-state index in [2.05, 4.69) is 150 Å². The van der Waals surface area contributed by atoms with Gasteiger partial charge in [0.05, 0.1) is 22.1 Å². The number of fused-ring (bicyclic) bond motifs is 9. The molecule has 0 radical (unpaired) electrons. The quantitative estimate of drug-likeness (QED) is 0.167. The molecular weight excluding hydrogens is 773 g/mol. The Morgan fingerprint density at radius 2 is 0.794 bits per heavy atom. The maximum absolute atomic E-state index is 6.89. The van der Waals surface area contributed by atoms with Gasteiger partial charge in [-0.1, -0.05) is 158 Å². The Labute approximate surface area is 361 Å². The van der Waals surface area contributed by atoms with Gasteiger partial charge in [0.25, 0.3) is 0 Å². The molecule has 0 saturated heterocycles. The molecule has 9 aromatic carbocycles. The molecule has 0 unspecified atom stereocenters. The van der Waals surface area contributed by atoms with E-state index in [0.717, 1.165) is 110 Å². The van der Waals surface area contributed by atoms with E-state index >= 15 is 0 Å². The summed E-state index contributed by atoms with van der Waals surface area (Å²) in [6.45, 7) is 0. The molecule has 13 aromatic rings. The lowest BCUT2D eigenvalue weighted by Gasteiger charge is -2.16. The number of hydrogen-bond donors (Lipinski definition) is 0. The highest BCUT2D eigenvalue weighted by Gasteiger charge is 2.26. The van der Waals surface area contributed by atoms with Gasteiger partial charge in [-0.05, 0) is 70.8 Å². The fourth-order valence-corrected chi connectivity index (χ4v) is 9.49. The molecule has 0 aliphatic heterocycles. The van der Waals surface area contributed by atoms with Gasteiger partial charge in [-0.3, -0.25) is 0 Å². The number of para-hydroxylation sites is 2. The average molecular weight is 807 g/mol. The Balaban J connectivity index is 1.15. The van der Waals surface area contributed by atoms with E-state index in [1.807, 2.05) is 60.7 Å². The third kappa shape index (κ3) is 5.55. The van der Waals surface area contributed by atoms with Crippen molar-refractivity contribution in [1.82, 2.24) is 19.5 Å². The van der Waals surface area contributed by atoms with Crippen molar-refractivity contribution in [2.24, 2.45) is 0 Å². The predicted octanol–water partition coefficient (Wildman–Crippen LogP) is 15.1. The van der Waals surface area contributed by atoms with Crippen LogP contribution in [0.2, 0.25) is 0 Å². The van der Waals surface area contributed by atoms with Crippen LogP contribution in [0.3, 0.4) is 0 Å². The van der Waals surface area contributed by atoms with Gasteiger partial charge >= 0.3 is 0 Å².